The van der Waals surface area contributed by atoms with Gasteiger partial charge < -0.3 is 5.73 Å². The Labute approximate surface area is 78.6 Å². The standard InChI is InChI=1S/C8H6ClN3O/c9-5-2-1-3-12-7(5)11-4-6(10)8(12)13/h1-4H,10H2. The van der Waals surface area contributed by atoms with Gasteiger partial charge in [-0.2, -0.15) is 0 Å². The van der Waals surface area contributed by atoms with E-state index >= 15 is 0 Å². The van der Waals surface area contributed by atoms with Crippen molar-refractivity contribution in [3.05, 3.63) is 39.9 Å². The Morgan fingerprint density at radius 2 is 2.31 bits per heavy atom. The number of nitrogens with zero attached hydrogens (tertiary/aromatic N) is 2. The molecule has 66 valence electrons. The third-order valence-electron chi connectivity index (χ3n) is 1.71. The lowest BCUT2D eigenvalue weighted by atomic mass is 10.4. The minimum Gasteiger partial charge on any atom is -0.393 e. The largest absolute Gasteiger partial charge is 0.393 e. The lowest BCUT2D eigenvalue weighted by Crippen LogP contribution is -2.18. The number of halogens is 1. The SMILES string of the molecule is Nc1cnc2c(Cl)cccn2c1=O. The van der Waals surface area contributed by atoms with Crippen molar-refractivity contribution in [3.8, 4) is 0 Å². The molecule has 0 spiro atoms. The zero-order valence-electron chi connectivity index (χ0n) is 6.57. The molecule has 2 aromatic heterocycles. The summed E-state index contributed by atoms with van der Waals surface area (Å²) in [5, 5.41) is 0.430. The molecular formula is C8H6ClN3O. The molecule has 0 aliphatic rings. The summed E-state index contributed by atoms with van der Waals surface area (Å²) < 4.78 is 1.32. The van der Waals surface area contributed by atoms with Crippen molar-refractivity contribution >= 4 is 22.9 Å². The number of nitrogens with two attached hydrogens (primary N) is 1. The number of aromatic nitrogens is 2. The van der Waals surface area contributed by atoms with Crippen LogP contribution in [0.25, 0.3) is 5.65 Å². The summed E-state index contributed by atoms with van der Waals surface area (Å²) in [5.74, 6) is 0. The third-order valence-corrected chi connectivity index (χ3v) is 2.01. The van der Waals surface area contributed by atoms with E-state index < -0.39 is 0 Å². The molecule has 0 radical (unpaired) electrons. The predicted molar refractivity (Wildman–Crippen MR) is 50.9 cm³/mol. The first kappa shape index (κ1) is 8.07. The minimum atomic E-state index is -0.299. The average Bonchev–Trinajstić information content (AvgIpc) is 2.12. The molecule has 5 heteroatoms. The van der Waals surface area contributed by atoms with Gasteiger partial charge in [-0.05, 0) is 12.1 Å². The smallest absolute Gasteiger partial charge is 0.281 e. The zero-order chi connectivity index (χ0) is 9.42. The van der Waals surface area contributed by atoms with Crippen LogP contribution in [-0.4, -0.2) is 9.38 Å². The maximum Gasteiger partial charge on any atom is 0.281 e. The van der Waals surface area contributed by atoms with E-state index in [0.717, 1.165) is 0 Å². The Morgan fingerprint density at radius 3 is 3.08 bits per heavy atom. The Kier molecular flexibility index (Phi) is 1.70. The average molecular weight is 196 g/mol. The highest BCUT2D eigenvalue weighted by Crippen LogP contribution is 2.12. The molecule has 0 saturated carbocycles. The molecule has 2 rings (SSSR count). The van der Waals surface area contributed by atoms with Crippen LogP contribution in [-0.2, 0) is 0 Å². The molecule has 0 amide bonds. The third kappa shape index (κ3) is 1.15. The number of anilines is 1. The van der Waals surface area contributed by atoms with Crippen LogP contribution in [0.2, 0.25) is 5.02 Å². The Hall–Kier alpha value is -1.55. The summed E-state index contributed by atoms with van der Waals surface area (Å²) in [6.07, 6.45) is 2.89. The molecule has 0 bridgehead atoms. The minimum absolute atomic E-state index is 0.111. The summed E-state index contributed by atoms with van der Waals surface area (Å²) in [7, 11) is 0. The van der Waals surface area contributed by atoms with Crippen molar-refractivity contribution in [2.24, 2.45) is 0 Å². The first-order valence-electron chi connectivity index (χ1n) is 3.61. The predicted octanol–water partition coefficient (Wildman–Crippen LogP) is 0.930. The van der Waals surface area contributed by atoms with Gasteiger partial charge in [-0.3, -0.25) is 9.20 Å². The molecule has 2 heterocycles. The van der Waals surface area contributed by atoms with Gasteiger partial charge in [0, 0.05) is 6.20 Å². The van der Waals surface area contributed by atoms with E-state index in [0.29, 0.717) is 10.7 Å². The molecule has 0 fully saturated rings. The fourth-order valence-corrected chi connectivity index (χ4v) is 1.30. The van der Waals surface area contributed by atoms with Gasteiger partial charge in [-0.25, -0.2) is 4.98 Å². The fraction of sp³-hybridized carbons (Fsp3) is 0. The van der Waals surface area contributed by atoms with Crippen LogP contribution < -0.4 is 11.3 Å². The molecular weight excluding hydrogens is 190 g/mol. The number of hydrogen-bond acceptors (Lipinski definition) is 3. The summed E-state index contributed by atoms with van der Waals surface area (Å²) in [6, 6.07) is 3.33. The molecule has 2 N–H and O–H groups in total. The summed E-state index contributed by atoms with van der Waals surface area (Å²) >= 11 is 5.82. The van der Waals surface area contributed by atoms with Crippen LogP contribution in [0.15, 0.2) is 29.3 Å². The number of pyridine rings is 1. The lowest BCUT2D eigenvalue weighted by Gasteiger charge is -2.01. The van der Waals surface area contributed by atoms with Crippen LogP contribution in [0.1, 0.15) is 0 Å². The molecule has 0 unspecified atom stereocenters. The van der Waals surface area contributed by atoms with Crippen molar-refractivity contribution < 1.29 is 0 Å². The quantitative estimate of drug-likeness (QED) is 0.680. The van der Waals surface area contributed by atoms with Crippen LogP contribution in [0.3, 0.4) is 0 Å². The van der Waals surface area contributed by atoms with E-state index in [1.54, 1.807) is 18.3 Å². The van der Waals surface area contributed by atoms with E-state index in [-0.39, 0.29) is 11.2 Å². The highest BCUT2D eigenvalue weighted by Gasteiger charge is 2.02. The molecule has 0 saturated heterocycles. The first-order chi connectivity index (χ1) is 6.20. The first-order valence-corrected chi connectivity index (χ1v) is 3.99. The van der Waals surface area contributed by atoms with Crippen LogP contribution in [0.5, 0.6) is 0 Å². The van der Waals surface area contributed by atoms with Gasteiger partial charge in [0.25, 0.3) is 5.56 Å². The summed E-state index contributed by atoms with van der Waals surface area (Å²) in [6.45, 7) is 0. The number of hydrogen-bond donors (Lipinski definition) is 1. The zero-order valence-corrected chi connectivity index (χ0v) is 7.32. The maximum absolute atomic E-state index is 11.4. The maximum atomic E-state index is 11.4. The van der Waals surface area contributed by atoms with Crippen molar-refractivity contribution in [2.45, 2.75) is 0 Å². The molecule has 4 nitrogen and oxygen atoms in total. The van der Waals surface area contributed by atoms with Crippen molar-refractivity contribution in [1.82, 2.24) is 9.38 Å². The van der Waals surface area contributed by atoms with Crippen LogP contribution in [0, 0.1) is 0 Å². The monoisotopic (exact) mass is 195 g/mol. The van der Waals surface area contributed by atoms with Gasteiger partial charge in [-0.1, -0.05) is 11.6 Å². The Bertz CT molecular complexity index is 520. The van der Waals surface area contributed by atoms with E-state index in [1.165, 1.54) is 10.6 Å². The summed E-state index contributed by atoms with van der Waals surface area (Å²) in [4.78, 5) is 15.4. The van der Waals surface area contributed by atoms with Crippen molar-refractivity contribution in [1.29, 1.82) is 0 Å². The second-order valence-corrected chi connectivity index (χ2v) is 2.98. The molecule has 0 aliphatic carbocycles. The molecule has 2 aromatic rings. The second kappa shape index (κ2) is 2.74. The van der Waals surface area contributed by atoms with Crippen LogP contribution in [0.4, 0.5) is 5.69 Å². The van der Waals surface area contributed by atoms with Gasteiger partial charge in [0.15, 0.2) is 5.65 Å². The second-order valence-electron chi connectivity index (χ2n) is 2.57. The highest BCUT2D eigenvalue weighted by atomic mass is 35.5. The van der Waals surface area contributed by atoms with E-state index in [9.17, 15) is 4.79 Å². The summed E-state index contributed by atoms with van der Waals surface area (Å²) in [5.41, 5.74) is 5.63. The fourth-order valence-electron chi connectivity index (χ4n) is 1.09. The van der Waals surface area contributed by atoms with E-state index in [2.05, 4.69) is 4.98 Å². The molecule has 0 aromatic carbocycles. The van der Waals surface area contributed by atoms with E-state index in [1.807, 2.05) is 0 Å². The number of rotatable bonds is 0. The molecule has 0 aliphatic heterocycles. The van der Waals surface area contributed by atoms with Crippen LogP contribution >= 0.6 is 11.6 Å². The van der Waals surface area contributed by atoms with E-state index in [4.69, 9.17) is 17.3 Å². The van der Waals surface area contributed by atoms with Crippen molar-refractivity contribution in [3.63, 3.8) is 0 Å². The van der Waals surface area contributed by atoms with Gasteiger partial charge in [0.1, 0.15) is 5.69 Å². The normalized spacial score (nSPS) is 10.5. The van der Waals surface area contributed by atoms with Gasteiger partial charge in [0.05, 0.1) is 11.2 Å². The van der Waals surface area contributed by atoms with Crippen molar-refractivity contribution in [2.75, 3.05) is 5.73 Å². The number of nitrogen functional groups attached to an aromatic ring is 1. The van der Waals surface area contributed by atoms with Gasteiger partial charge in [0.2, 0.25) is 0 Å². The molecule has 13 heavy (non-hydrogen) atoms. The van der Waals surface area contributed by atoms with Gasteiger partial charge >= 0.3 is 0 Å². The topological polar surface area (TPSA) is 60.4 Å². The Balaban J connectivity index is 3.03. The lowest BCUT2D eigenvalue weighted by molar-refractivity contribution is 1.05. The van der Waals surface area contributed by atoms with Gasteiger partial charge in [-0.15, -0.1) is 0 Å². The number of fused-ring (bicyclic) bond motifs is 1. The highest BCUT2D eigenvalue weighted by molar-refractivity contribution is 6.33. The Morgan fingerprint density at radius 1 is 1.54 bits per heavy atom. The molecule has 0 atom stereocenters.